The third-order valence-electron chi connectivity index (χ3n) is 3.30. The van der Waals surface area contributed by atoms with E-state index >= 15 is 0 Å². The van der Waals surface area contributed by atoms with Gasteiger partial charge in [0.1, 0.15) is 5.75 Å². The van der Waals surface area contributed by atoms with Gasteiger partial charge in [0.05, 0.1) is 13.2 Å². The van der Waals surface area contributed by atoms with Crippen LogP contribution in [0.15, 0.2) is 24.3 Å². The van der Waals surface area contributed by atoms with Gasteiger partial charge in [0.15, 0.2) is 5.78 Å². The number of hydrogen-bond donors (Lipinski definition) is 0. The van der Waals surface area contributed by atoms with E-state index in [1.807, 2.05) is 31.2 Å². The van der Waals surface area contributed by atoms with Gasteiger partial charge in [0.2, 0.25) is 0 Å². The smallest absolute Gasteiger partial charge is 0.176 e. The van der Waals surface area contributed by atoms with E-state index in [9.17, 15) is 4.79 Å². The van der Waals surface area contributed by atoms with Gasteiger partial charge in [0.25, 0.3) is 0 Å². The first-order valence-electron chi connectivity index (χ1n) is 6.78. The van der Waals surface area contributed by atoms with Gasteiger partial charge in [-0.25, -0.2) is 0 Å². The maximum atomic E-state index is 12.1. The minimum Gasteiger partial charge on any atom is -0.494 e. The predicted molar refractivity (Wildman–Crippen MR) is 72.2 cm³/mol. The Morgan fingerprint density at radius 2 is 1.83 bits per heavy atom. The van der Waals surface area contributed by atoms with Crippen molar-refractivity contribution in [3.05, 3.63) is 29.8 Å². The SMILES string of the molecule is CCOc1ccc(C(=O)CN2CCCCC2)cc1. The van der Waals surface area contributed by atoms with E-state index in [2.05, 4.69) is 4.90 Å². The van der Waals surface area contributed by atoms with Crippen LogP contribution in [0.25, 0.3) is 0 Å². The van der Waals surface area contributed by atoms with E-state index in [1.54, 1.807) is 0 Å². The fourth-order valence-electron chi connectivity index (χ4n) is 2.32. The summed E-state index contributed by atoms with van der Waals surface area (Å²) in [5.74, 6) is 1.03. The number of rotatable bonds is 5. The number of carbonyl (C=O) groups is 1. The number of Topliss-reactive ketones (excluding diaryl/α,β-unsaturated/α-hetero) is 1. The van der Waals surface area contributed by atoms with Gasteiger partial charge in [-0.3, -0.25) is 9.69 Å². The number of hydrogen-bond acceptors (Lipinski definition) is 3. The number of likely N-dealkylation sites (tertiary alicyclic amines) is 1. The molecule has 1 fully saturated rings. The van der Waals surface area contributed by atoms with Gasteiger partial charge in [0, 0.05) is 5.56 Å². The highest BCUT2D eigenvalue weighted by atomic mass is 16.5. The van der Waals surface area contributed by atoms with Gasteiger partial charge >= 0.3 is 0 Å². The van der Waals surface area contributed by atoms with Crippen LogP contribution in [0.5, 0.6) is 5.75 Å². The maximum Gasteiger partial charge on any atom is 0.176 e. The van der Waals surface area contributed by atoms with Crippen LogP contribution in [-0.4, -0.2) is 36.9 Å². The van der Waals surface area contributed by atoms with Crippen LogP contribution in [0.4, 0.5) is 0 Å². The van der Waals surface area contributed by atoms with Crippen molar-refractivity contribution < 1.29 is 9.53 Å². The van der Waals surface area contributed by atoms with E-state index in [1.165, 1.54) is 19.3 Å². The maximum absolute atomic E-state index is 12.1. The number of carbonyl (C=O) groups excluding carboxylic acids is 1. The summed E-state index contributed by atoms with van der Waals surface area (Å²) in [6, 6.07) is 7.45. The summed E-state index contributed by atoms with van der Waals surface area (Å²) in [7, 11) is 0. The van der Waals surface area contributed by atoms with Crippen molar-refractivity contribution in [2.24, 2.45) is 0 Å². The van der Waals surface area contributed by atoms with Crippen molar-refractivity contribution in [1.29, 1.82) is 0 Å². The summed E-state index contributed by atoms with van der Waals surface area (Å²) in [4.78, 5) is 14.4. The molecule has 0 radical (unpaired) electrons. The molecule has 1 saturated heterocycles. The predicted octanol–water partition coefficient (Wildman–Crippen LogP) is 2.75. The van der Waals surface area contributed by atoms with E-state index in [0.717, 1.165) is 24.4 Å². The number of nitrogens with zero attached hydrogens (tertiary/aromatic N) is 1. The molecule has 0 aromatic heterocycles. The number of piperidine rings is 1. The Bertz CT molecular complexity index is 380. The Labute approximate surface area is 109 Å². The summed E-state index contributed by atoms with van der Waals surface area (Å²) in [5, 5.41) is 0. The minimum absolute atomic E-state index is 0.208. The lowest BCUT2D eigenvalue weighted by Gasteiger charge is -2.25. The lowest BCUT2D eigenvalue weighted by molar-refractivity contribution is 0.0915. The van der Waals surface area contributed by atoms with Gasteiger partial charge in [-0.15, -0.1) is 0 Å². The second-order valence-corrected chi connectivity index (χ2v) is 4.72. The van der Waals surface area contributed by atoms with Crippen LogP contribution >= 0.6 is 0 Å². The topological polar surface area (TPSA) is 29.5 Å². The highest BCUT2D eigenvalue weighted by Crippen LogP contribution is 2.14. The molecule has 3 nitrogen and oxygen atoms in total. The molecule has 18 heavy (non-hydrogen) atoms. The Hall–Kier alpha value is -1.35. The molecule has 0 saturated carbocycles. The van der Waals surface area contributed by atoms with E-state index in [0.29, 0.717) is 13.2 Å². The first kappa shape index (κ1) is 13.1. The minimum atomic E-state index is 0.208. The van der Waals surface area contributed by atoms with Gasteiger partial charge < -0.3 is 4.74 Å². The molecular weight excluding hydrogens is 226 g/mol. The molecule has 1 aromatic rings. The molecule has 1 aliphatic heterocycles. The first-order valence-corrected chi connectivity index (χ1v) is 6.78. The third-order valence-corrected chi connectivity index (χ3v) is 3.30. The fraction of sp³-hybridized carbons (Fsp3) is 0.533. The summed E-state index contributed by atoms with van der Waals surface area (Å²) < 4.78 is 5.37. The van der Waals surface area contributed by atoms with Crippen molar-refractivity contribution >= 4 is 5.78 Å². The van der Waals surface area contributed by atoms with E-state index in [-0.39, 0.29) is 5.78 Å². The van der Waals surface area contributed by atoms with Crippen LogP contribution < -0.4 is 4.74 Å². The second-order valence-electron chi connectivity index (χ2n) is 4.72. The van der Waals surface area contributed by atoms with Crippen molar-refractivity contribution in [2.45, 2.75) is 26.2 Å². The second kappa shape index (κ2) is 6.55. The summed E-state index contributed by atoms with van der Waals surface area (Å²) in [6.45, 7) is 5.27. The lowest BCUT2D eigenvalue weighted by Crippen LogP contribution is -2.34. The molecule has 0 atom stereocenters. The summed E-state index contributed by atoms with van der Waals surface area (Å²) >= 11 is 0. The molecule has 0 aliphatic carbocycles. The largest absolute Gasteiger partial charge is 0.494 e. The van der Waals surface area contributed by atoms with Crippen LogP contribution in [0.3, 0.4) is 0 Å². The van der Waals surface area contributed by atoms with Gasteiger partial charge in [-0.1, -0.05) is 6.42 Å². The zero-order chi connectivity index (χ0) is 12.8. The molecule has 0 unspecified atom stereocenters. The summed E-state index contributed by atoms with van der Waals surface area (Å²) in [5.41, 5.74) is 0.782. The van der Waals surface area contributed by atoms with Crippen LogP contribution in [-0.2, 0) is 0 Å². The Balaban J connectivity index is 1.91. The van der Waals surface area contributed by atoms with Crippen LogP contribution in [0.1, 0.15) is 36.5 Å². The molecule has 98 valence electrons. The zero-order valence-corrected chi connectivity index (χ0v) is 11.0. The molecule has 0 spiro atoms. The van der Waals surface area contributed by atoms with Gasteiger partial charge in [-0.2, -0.15) is 0 Å². The third kappa shape index (κ3) is 3.57. The first-order chi connectivity index (χ1) is 8.79. The summed E-state index contributed by atoms with van der Waals surface area (Å²) in [6.07, 6.45) is 3.74. The Morgan fingerprint density at radius 3 is 2.44 bits per heavy atom. The molecule has 0 N–H and O–H groups in total. The normalized spacial score (nSPS) is 16.5. The number of benzene rings is 1. The number of ether oxygens (including phenoxy) is 1. The van der Waals surface area contributed by atoms with Gasteiger partial charge in [-0.05, 0) is 57.1 Å². The fourth-order valence-corrected chi connectivity index (χ4v) is 2.32. The van der Waals surface area contributed by atoms with Crippen molar-refractivity contribution in [3.8, 4) is 5.75 Å². The van der Waals surface area contributed by atoms with Crippen molar-refractivity contribution in [1.82, 2.24) is 4.90 Å². The highest BCUT2D eigenvalue weighted by molar-refractivity contribution is 5.97. The van der Waals surface area contributed by atoms with Crippen LogP contribution in [0.2, 0.25) is 0 Å². The Morgan fingerprint density at radius 1 is 1.17 bits per heavy atom. The molecule has 0 amide bonds. The standard InChI is InChI=1S/C15H21NO2/c1-2-18-14-8-6-13(7-9-14)15(17)12-16-10-4-3-5-11-16/h6-9H,2-5,10-12H2,1H3. The molecule has 1 aromatic carbocycles. The quantitative estimate of drug-likeness (QED) is 0.749. The molecule has 0 bridgehead atoms. The van der Waals surface area contributed by atoms with Crippen molar-refractivity contribution in [2.75, 3.05) is 26.2 Å². The van der Waals surface area contributed by atoms with E-state index in [4.69, 9.17) is 4.74 Å². The zero-order valence-electron chi connectivity index (χ0n) is 11.0. The molecule has 3 heteroatoms. The molecule has 2 rings (SSSR count). The van der Waals surface area contributed by atoms with Crippen molar-refractivity contribution in [3.63, 3.8) is 0 Å². The van der Waals surface area contributed by atoms with E-state index < -0.39 is 0 Å². The Kier molecular flexibility index (Phi) is 4.76. The molecule has 1 heterocycles. The monoisotopic (exact) mass is 247 g/mol. The van der Waals surface area contributed by atoms with Crippen LogP contribution in [0, 0.1) is 0 Å². The lowest BCUT2D eigenvalue weighted by atomic mass is 10.1. The average Bonchev–Trinajstić information content (AvgIpc) is 2.41. The highest BCUT2D eigenvalue weighted by Gasteiger charge is 2.14. The average molecular weight is 247 g/mol. The molecular formula is C15H21NO2. The molecule has 1 aliphatic rings. The number of ketones is 1.